The molecule has 1 fully saturated rings. The molecule has 0 saturated carbocycles. The van der Waals surface area contributed by atoms with Crippen LogP contribution in [0.2, 0.25) is 5.02 Å². The predicted molar refractivity (Wildman–Crippen MR) is 108 cm³/mol. The Morgan fingerprint density at radius 2 is 2.11 bits per heavy atom. The van der Waals surface area contributed by atoms with Crippen LogP contribution in [0.5, 0.6) is 11.5 Å². The Kier molecular flexibility index (Phi) is 5.19. The molecule has 3 N–H and O–H groups in total. The number of hydrogen-bond acceptors (Lipinski definition) is 5. The van der Waals surface area contributed by atoms with Gasteiger partial charge in [0.05, 0.1) is 12.6 Å². The SMILES string of the molecule is CN1C[C@@H](N)C[C@H]1C(=O)N1CCOc2c(O)cc(-c3cccc(Cl)c3)cc2C1. The molecule has 1 amide bonds. The molecule has 0 radical (unpaired) electrons. The smallest absolute Gasteiger partial charge is 0.240 e. The summed E-state index contributed by atoms with van der Waals surface area (Å²) in [4.78, 5) is 16.9. The normalized spacial score (nSPS) is 22.5. The lowest BCUT2D eigenvalue weighted by molar-refractivity contribution is -0.136. The first kappa shape index (κ1) is 19.1. The van der Waals surface area contributed by atoms with Gasteiger partial charge in [0.2, 0.25) is 5.91 Å². The van der Waals surface area contributed by atoms with Crippen molar-refractivity contribution in [1.29, 1.82) is 0 Å². The Bertz CT molecular complexity index is 904. The van der Waals surface area contributed by atoms with E-state index < -0.39 is 0 Å². The van der Waals surface area contributed by atoms with Crippen molar-refractivity contribution in [2.75, 3.05) is 26.7 Å². The number of aromatic hydroxyl groups is 1. The largest absolute Gasteiger partial charge is 0.504 e. The van der Waals surface area contributed by atoms with Crippen LogP contribution >= 0.6 is 11.6 Å². The standard InChI is InChI=1S/C21H24ClN3O3/c1-24-12-17(23)10-18(24)21(27)25-5-6-28-20-15(11-25)7-14(9-19(20)26)13-3-2-4-16(22)8-13/h2-4,7-9,17-18,26H,5-6,10-12,23H2,1H3/t17-,18-/m0/s1. The van der Waals surface area contributed by atoms with Crippen LogP contribution in [0, 0.1) is 0 Å². The molecule has 0 bridgehead atoms. The number of benzene rings is 2. The number of likely N-dealkylation sites (tertiary alicyclic amines) is 1. The molecule has 2 aliphatic rings. The summed E-state index contributed by atoms with van der Waals surface area (Å²) in [6.07, 6.45) is 0.660. The van der Waals surface area contributed by atoms with Crippen LogP contribution < -0.4 is 10.5 Å². The van der Waals surface area contributed by atoms with Crippen molar-refractivity contribution in [3.63, 3.8) is 0 Å². The molecule has 148 valence electrons. The number of nitrogens with two attached hydrogens (primary N) is 1. The molecule has 0 spiro atoms. The first-order valence-corrected chi connectivity index (χ1v) is 9.79. The molecule has 4 rings (SSSR count). The molecule has 2 atom stereocenters. The number of halogens is 1. The van der Waals surface area contributed by atoms with Crippen molar-refractivity contribution < 1.29 is 14.6 Å². The maximum Gasteiger partial charge on any atom is 0.240 e. The number of carbonyl (C=O) groups excluding carboxylic acids is 1. The van der Waals surface area contributed by atoms with Crippen molar-refractivity contribution >= 4 is 17.5 Å². The van der Waals surface area contributed by atoms with Crippen LogP contribution in [0.3, 0.4) is 0 Å². The Hall–Kier alpha value is -2.28. The van der Waals surface area contributed by atoms with Crippen molar-refractivity contribution in [1.82, 2.24) is 9.80 Å². The molecule has 2 heterocycles. The summed E-state index contributed by atoms with van der Waals surface area (Å²) in [5.41, 5.74) is 8.54. The summed E-state index contributed by atoms with van der Waals surface area (Å²) in [6, 6.07) is 10.9. The van der Waals surface area contributed by atoms with Crippen LogP contribution in [0.1, 0.15) is 12.0 Å². The van der Waals surface area contributed by atoms with Crippen LogP contribution in [0.15, 0.2) is 36.4 Å². The van der Waals surface area contributed by atoms with Gasteiger partial charge in [-0.25, -0.2) is 0 Å². The number of nitrogens with zero attached hydrogens (tertiary/aromatic N) is 2. The van der Waals surface area contributed by atoms with Gasteiger partial charge in [-0.3, -0.25) is 9.69 Å². The number of fused-ring (bicyclic) bond motifs is 1. The number of amides is 1. The van der Waals surface area contributed by atoms with E-state index in [1.165, 1.54) is 0 Å². The molecule has 2 aliphatic heterocycles. The minimum atomic E-state index is -0.207. The quantitative estimate of drug-likeness (QED) is 0.808. The maximum atomic E-state index is 13.1. The van der Waals surface area contributed by atoms with Crippen molar-refractivity contribution in [3.8, 4) is 22.6 Å². The van der Waals surface area contributed by atoms with Gasteiger partial charge in [-0.1, -0.05) is 23.7 Å². The zero-order valence-corrected chi connectivity index (χ0v) is 16.5. The average Bonchev–Trinajstić information content (AvgIpc) is 2.87. The molecule has 7 heteroatoms. The lowest BCUT2D eigenvalue weighted by atomic mass is 10.0. The first-order chi connectivity index (χ1) is 13.4. The number of ether oxygens (including phenoxy) is 1. The molecule has 1 saturated heterocycles. The van der Waals surface area contributed by atoms with Gasteiger partial charge in [0.15, 0.2) is 11.5 Å². The van der Waals surface area contributed by atoms with E-state index in [1.807, 2.05) is 36.2 Å². The summed E-state index contributed by atoms with van der Waals surface area (Å²) in [5.74, 6) is 0.568. The second-order valence-electron chi connectivity index (χ2n) is 7.55. The van der Waals surface area contributed by atoms with Crippen molar-refractivity contribution in [2.24, 2.45) is 5.73 Å². The maximum absolute atomic E-state index is 13.1. The second kappa shape index (κ2) is 7.62. The highest BCUT2D eigenvalue weighted by Gasteiger charge is 2.36. The highest BCUT2D eigenvalue weighted by molar-refractivity contribution is 6.30. The highest BCUT2D eigenvalue weighted by Crippen LogP contribution is 2.38. The molecule has 2 aromatic carbocycles. The molecular weight excluding hydrogens is 378 g/mol. The minimum Gasteiger partial charge on any atom is -0.504 e. The zero-order valence-electron chi connectivity index (χ0n) is 15.8. The van der Waals surface area contributed by atoms with E-state index in [0.29, 0.717) is 36.9 Å². The number of likely N-dealkylation sites (N-methyl/N-ethyl adjacent to an activating group) is 1. The number of hydrogen-bond donors (Lipinski definition) is 2. The summed E-state index contributed by atoms with van der Waals surface area (Å²) < 4.78 is 5.78. The third-order valence-corrected chi connectivity index (χ3v) is 5.69. The molecule has 6 nitrogen and oxygen atoms in total. The topological polar surface area (TPSA) is 79.0 Å². The van der Waals surface area contributed by atoms with Gasteiger partial charge < -0.3 is 20.5 Å². The lowest BCUT2D eigenvalue weighted by Crippen LogP contribution is -2.44. The van der Waals surface area contributed by atoms with Gasteiger partial charge in [0.25, 0.3) is 0 Å². The van der Waals surface area contributed by atoms with Crippen LogP contribution in [-0.4, -0.2) is 59.6 Å². The molecule has 0 unspecified atom stereocenters. The summed E-state index contributed by atoms with van der Waals surface area (Å²) in [7, 11) is 1.93. The number of phenols is 1. The highest BCUT2D eigenvalue weighted by atomic mass is 35.5. The van der Waals surface area contributed by atoms with E-state index in [2.05, 4.69) is 0 Å². The number of rotatable bonds is 2. The lowest BCUT2D eigenvalue weighted by Gasteiger charge is -2.27. The Labute approximate surface area is 169 Å². The van der Waals surface area contributed by atoms with E-state index in [9.17, 15) is 9.90 Å². The monoisotopic (exact) mass is 401 g/mol. The first-order valence-electron chi connectivity index (χ1n) is 9.41. The van der Waals surface area contributed by atoms with E-state index in [4.69, 9.17) is 22.1 Å². The van der Waals surface area contributed by atoms with Gasteiger partial charge >= 0.3 is 0 Å². The number of carbonyl (C=O) groups is 1. The summed E-state index contributed by atoms with van der Waals surface area (Å²) in [6.45, 7) is 1.91. The fourth-order valence-corrected chi connectivity index (χ4v) is 4.25. The summed E-state index contributed by atoms with van der Waals surface area (Å²) >= 11 is 6.11. The Morgan fingerprint density at radius 1 is 1.29 bits per heavy atom. The van der Waals surface area contributed by atoms with Gasteiger partial charge in [0, 0.05) is 29.7 Å². The van der Waals surface area contributed by atoms with E-state index in [1.54, 1.807) is 17.0 Å². The van der Waals surface area contributed by atoms with E-state index in [0.717, 1.165) is 23.2 Å². The average molecular weight is 402 g/mol. The van der Waals surface area contributed by atoms with Gasteiger partial charge in [0.1, 0.15) is 6.61 Å². The van der Waals surface area contributed by atoms with Crippen LogP contribution in [0.25, 0.3) is 11.1 Å². The Morgan fingerprint density at radius 3 is 2.82 bits per heavy atom. The van der Waals surface area contributed by atoms with Gasteiger partial charge in [-0.2, -0.15) is 0 Å². The van der Waals surface area contributed by atoms with Gasteiger partial charge in [-0.15, -0.1) is 0 Å². The Balaban J connectivity index is 1.64. The fourth-order valence-electron chi connectivity index (χ4n) is 4.06. The third kappa shape index (κ3) is 3.68. The zero-order chi connectivity index (χ0) is 19.8. The fraction of sp³-hybridized carbons (Fsp3) is 0.381. The predicted octanol–water partition coefficient (Wildman–Crippen LogP) is 2.46. The van der Waals surface area contributed by atoms with Gasteiger partial charge in [-0.05, 0) is 48.9 Å². The van der Waals surface area contributed by atoms with Crippen LogP contribution in [0.4, 0.5) is 0 Å². The molecule has 0 aromatic heterocycles. The number of phenolic OH excluding ortho intramolecular Hbond substituents is 1. The van der Waals surface area contributed by atoms with E-state index >= 15 is 0 Å². The van der Waals surface area contributed by atoms with Crippen molar-refractivity contribution in [2.45, 2.75) is 25.0 Å². The molecule has 28 heavy (non-hydrogen) atoms. The molecule has 0 aliphatic carbocycles. The van der Waals surface area contributed by atoms with Crippen LogP contribution in [-0.2, 0) is 11.3 Å². The third-order valence-electron chi connectivity index (χ3n) is 5.45. The van der Waals surface area contributed by atoms with E-state index in [-0.39, 0.29) is 23.7 Å². The second-order valence-corrected chi connectivity index (χ2v) is 7.99. The molecular formula is C21H24ClN3O3. The molecule has 2 aromatic rings. The van der Waals surface area contributed by atoms with Crippen molar-refractivity contribution in [3.05, 3.63) is 47.0 Å². The summed E-state index contributed by atoms with van der Waals surface area (Å²) in [5, 5.41) is 11.1. The minimum absolute atomic E-state index is 0.0212.